The van der Waals surface area contributed by atoms with E-state index in [9.17, 15) is 32.3 Å². The van der Waals surface area contributed by atoms with Crippen molar-refractivity contribution in [2.45, 2.75) is 65.0 Å². The molecule has 0 saturated heterocycles. The van der Waals surface area contributed by atoms with Gasteiger partial charge in [-0.2, -0.15) is 8.78 Å². The molecule has 2 rings (SSSR count). The molecule has 0 aliphatic carbocycles. The zero-order chi connectivity index (χ0) is 25.8. The third-order valence-corrected chi connectivity index (χ3v) is 4.91. The van der Waals surface area contributed by atoms with Gasteiger partial charge >= 0.3 is 12.3 Å². The lowest BCUT2D eigenvalue weighted by molar-refractivity contribution is -0.148. The molecule has 0 fully saturated rings. The summed E-state index contributed by atoms with van der Waals surface area (Å²) in [6, 6.07) is 4.00. The van der Waals surface area contributed by atoms with Gasteiger partial charge in [-0.05, 0) is 58.4 Å². The summed E-state index contributed by atoms with van der Waals surface area (Å²) in [5, 5.41) is 12.6. The van der Waals surface area contributed by atoms with E-state index in [2.05, 4.69) is 15.3 Å². The zero-order valence-electron chi connectivity index (χ0n) is 19.5. The number of halogens is 4. The molecule has 0 aromatic carbocycles. The van der Waals surface area contributed by atoms with Crippen LogP contribution in [0.25, 0.3) is 0 Å². The van der Waals surface area contributed by atoms with Crippen LogP contribution in [-0.2, 0) is 11.2 Å². The van der Waals surface area contributed by atoms with Crippen LogP contribution in [0, 0.1) is 13.8 Å². The van der Waals surface area contributed by atoms with Gasteiger partial charge in [-0.25, -0.2) is 13.8 Å². The Balaban J connectivity index is 2.11. The molecule has 7 nitrogen and oxygen atoms in total. The minimum Gasteiger partial charge on any atom is -0.471 e. The molecule has 0 spiro atoms. The summed E-state index contributed by atoms with van der Waals surface area (Å²) in [6.45, 7) is 6.09. The lowest BCUT2D eigenvalue weighted by Gasteiger charge is -2.18. The van der Waals surface area contributed by atoms with Gasteiger partial charge in [0.2, 0.25) is 5.88 Å². The summed E-state index contributed by atoms with van der Waals surface area (Å²) in [4.78, 5) is 33.0. The number of alkyl halides is 4. The van der Waals surface area contributed by atoms with E-state index in [-0.39, 0.29) is 17.9 Å². The van der Waals surface area contributed by atoms with Crippen molar-refractivity contribution in [1.82, 2.24) is 15.3 Å². The lowest BCUT2D eigenvalue weighted by atomic mass is 9.98. The molecule has 186 valence electrons. The van der Waals surface area contributed by atoms with Gasteiger partial charge in [0.25, 0.3) is 5.91 Å². The highest BCUT2D eigenvalue weighted by Gasteiger charge is 2.42. The Bertz CT molecular complexity index is 1050. The number of aryl methyl sites for hydroxylation is 2. The Morgan fingerprint density at radius 2 is 1.82 bits per heavy atom. The van der Waals surface area contributed by atoms with E-state index in [1.165, 1.54) is 33.0 Å². The van der Waals surface area contributed by atoms with Crippen molar-refractivity contribution in [3.63, 3.8) is 0 Å². The number of hydrogen-bond donors (Lipinski definition) is 2. The molecule has 0 aliphatic heterocycles. The fraction of sp³-hybridized carbons (Fsp3) is 0.478. The Morgan fingerprint density at radius 3 is 2.38 bits per heavy atom. The molecule has 0 radical (unpaired) electrons. The average molecular weight is 485 g/mol. The Morgan fingerprint density at radius 1 is 1.18 bits per heavy atom. The Kier molecular flexibility index (Phi) is 8.35. The summed E-state index contributed by atoms with van der Waals surface area (Å²) >= 11 is 0. The fourth-order valence-corrected chi connectivity index (χ4v) is 2.90. The molecule has 2 N–H and O–H groups in total. The van der Waals surface area contributed by atoms with Crippen LogP contribution in [0.5, 0.6) is 5.88 Å². The van der Waals surface area contributed by atoms with Gasteiger partial charge in [0.05, 0.1) is 12.5 Å². The normalized spacial score (nSPS) is 13.0. The number of amides is 1. The number of ether oxygens (including phenoxy) is 1. The summed E-state index contributed by atoms with van der Waals surface area (Å²) in [7, 11) is 0. The highest BCUT2D eigenvalue weighted by molar-refractivity contribution is 5.95. The van der Waals surface area contributed by atoms with Crippen LogP contribution < -0.4 is 10.1 Å². The third kappa shape index (κ3) is 7.21. The first-order chi connectivity index (χ1) is 15.6. The first kappa shape index (κ1) is 27.2. The lowest BCUT2D eigenvalue weighted by Crippen LogP contribution is -2.34. The van der Waals surface area contributed by atoms with Crippen molar-refractivity contribution in [3.05, 3.63) is 52.5 Å². The molecule has 1 amide bonds. The largest absolute Gasteiger partial charge is 0.471 e. The topological polar surface area (TPSA) is 101 Å². The quantitative estimate of drug-likeness (QED) is 0.497. The second kappa shape index (κ2) is 10.5. The number of rotatable bonds is 10. The molecular weight excluding hydrogens is 458 g/mol. The predicted octanol–water partition coefficient (Wildman–Crippen LogP) is 3.75. The van der Waals surface area contributed by atoms with Crippen molar-refractivity contribution in [3.8, 4) is 5.88 Å². The monoisotopic (exact) mass is 485 g/mol. The Labute approximate surface area is 194 Å². The van der Waals surface area contributed by atoms with E-state index < -0.39 is 42.3 Å². The number of nitrogens with one attached hydrogen (secondary N) is 1. The third-order valence-electron chi connectivity index (χ3n) is 4.91. The fourth-order valence-electron chi connectivity index (χ4n) is 2.90. The van der Waals surface area contributed by atoms with Crippen molar-refractivity contribution in [2.75, 3.05) is 6.61 Å². The second-order valence-electron chi connectivity index (χ2n) is 8.58. The molecule has 34 heavy (non-hydrogen) atoms. The Hall–Kier alpha value is -3.08. The minimum absolute atomic E-state index is 0.143. The maximum absolute atomic E-state index is 13.1. The van der Waals surface area contributed by atoms with Gasteiger partial charge in [0, 0.05) is 28.7 Å². The summed E-state index contributed by atoms with van der Waals surface area (Å²) < 4.78 is 55.5. The molecule has 2 aromatic rings. The standard InChI is InChI=1S/C23H27F4N3O4/c1-12-6-16(10-28-20(12)34-11-23(26,27)21(24)25)14(3)30-19(32)15-7-13(2)29-17(8-15)9-18(31)22(4,5)33/h6-8,10,14,21,33H,9,11H2,1-5H3,(H,30,32). The number of hydrogen-bond acceptors (Lipinski definition) is 6. The van der Waals surface area contributed by atoms with Crippen LogP contribution in [0.1, 0.15) is 59.7 Å². The number of aromatic nitrogens is 2. The van der Waals surface area contributed by atoms with Crippen LogP contribution in [-0.4, -0.2) is 51.3 Å². The number of pyridine rings is 2. The number of aliphatic hydroxyl groups is 1. The molecule has 0 bridgehead atoms. The van der Waals surface area contributed by atoms with Crippen molar-refractivity contribution in [2.24, 2.45) is 0 Å². The summed E-state index contributed by atoms with van der Waals surface area (Å²) in [5.74, 6) is -5.41. The number of carbonyl (C=O) groups excluding carboxylic acids is 2. The van der Waals surface area contributed by atoms with Gasteiger partial charge in [0.1, 0.15) is 5.60 Å². The highest BCUT2D eigenvalue weighted by Crippen LogP contribution is 2.26. The van der Waals surface area contributed by atoms with Gasteiger partial charge in [-0.15, -0.1) is 0 Å². The zero-order valence-corrected chi connectivity index (χ0v) is 19.5. The number of Topliss-reactive ketones (excluding diaryl/α,β-unsaturated/α-hetero) is 1. The van der Waals surface area contributed by atoms with Crippen molar-refractivity contribution >= 4 is 11.7 Å². The van der Waals surface area contributed by atoms with E-state index >= 15 is 0 Å². The molecular formula is C23H27F4N3O4. The van der Waals surface area contributed by atoms with Crippen LogP contribution in [0.3, 0.4) is 0 Å². The maximum atomic E-state index is 13.1. The van der Waals surface area contributed by atoms with E-state index in [4.69, 9.17) is 4.74 Å². The molecule has 1 unspecified atom stereocenters. The van der Waals surface area contributed by atoms with Gasteiger partial charge < -0.3 is 15.2 Å². The van der Waals surface area contributed by atoms with Gasteiger partial charge in [0.15, 0.2) is 12.4 Å². The molecule has 0 saturated carbocycles. The molecule has 1 atom stereocenters. The molecule has 2 heterocycles. The number of carbonyl (C=O) groups is 2. The van der Waals surface area contributed by atoms with Crippen LogP contribution in [0.15, 0.2) is 24.4 Å². The van der Waals surface area contributed by atoms with Crippen LogP contribution in [0.2, 0.25) is 0 Å². The maximum Gasteiger partial charge on any atom is 0.340 e. The van der Waals surface area contributed by atoms with Crippen LogP contribution >= 0.6 is 0 Å². The van der Waals surface area contributed by atoms with Crippen molar-refractivity contribution in [1.29, 1.82) is 0 Å². The SMILES string of the molecule is Cc1cc(C(=O)NC(C)c2cnc(OCC(F)(F)C(F)F)c(C)c2)cc(CC(=O)C(C)(C)O)n1. The number of ketones is 1. The molecule has 0 aliphatic rings. The highest BCUT2D eigenvalue weighted by atomic mass is 19.3. The van der Waals surface area contributed by atoms with E-state index in [1.54, 1.807) is 26.0 Å². The van der Waals surface area contributed by atoms with E-state index in [0.29, 0.717) is 22.5 Å². The second-order valence-corrected chi connectivity index (χ2v) is 8.58. The molecule has 11 heteroatoms. The number of nitrogens with zero attached hydrogens (tertiary/aromatic N) is 2. The minimum atomic E-state index is -4.30. The van der Waals surface area contributed by atoms with Crippen molar-refractivity contribution < 1.29 is 37.0 Å². The average Bonchev–Trinajstić information content (AvgIpc) is 2.71. The van der Waals surface area contributed by atoms with E-state index in [0.717, 1.165) is 0 Å². The van der Waals surface area contributed by atoms with Crippen LogP contribution in [0.4, 0.5) is 17.6 Å². The van der Waals surface area contributed by atoms with Gasteiger partial charge in [-0.1, -0.05) is 0 Å². The summed E-state index contributed by atoms with van der Waals surface area (Å²) in [6.07, 6.45) is -2.71. The predicted molar refractivity (Wildman–Crippen MR) is 115 cm³/mol. The summed E-state index contributed by atoms with van der Waals surface area (Å²) in [5.41, 5.74) is 0.441. The smallest absolute Gasteiger partial charge is 0.340 e. The first-order valence-corrected chi connectivity index (χ1v) is 10.4. The first-order valence-electron chi connectivity index (χ1n) is 10.4. The van der Waals surface area contributed by atoms with Gasteiger partial charge in [-0.3, -0.25) is 14.6 Å². The molecule has 2 aromatic heterocycles. The van der Waals surface area contributed by atoms with E-state index in [1.807, 2.05) is 0 Å².